The van der Waals surface area contributed by atoms with E-state index in [9.17, 15) is 0 Å². The van der Waals surface area contributed by atoms with Crippen molar-refractivity contribution < 1.29 is 0 Å². The number of hydrogen-bond donors (Lipinski definition) is 0. The first-order valence-electron chi connectivity index (χ1n) is 2.55. The molecular weight excluding hydrogens is 159 g/mol. The average molecular weight is 169 g/mol. The number of alkyl halides is 2. The van der Waals surface area contributed by atoms with Crippen molar-refractivity contribution >= 4 is 32.7 Å². The third kappa shape index (κ3) is 6.54. The van der Waals surface area contributed by atoms with E-state index in [0.717, 1.165) is 6.04 Å². The molecule has 0 aliphatic carbocycles. The molecule has 0 saturated heterocycles. The van der Waals surface area contributed by atoms with Gasteiger partial charge in [0.15, 0.2) is 0 Å². The minimum Gasteiger partial charge on any atom is -0.110 e. The van der Waals surface area contributed by atoms with Gasteiger partial charge in [-0.1, -0.05) is 5.57 Å². The van der Waals surface area contributed by atoms with Crippen LogP contribution >= 0.6 is 23.2 Å². The monoisotopic (exact) mass is 168 g/mol. The largest absolute Gasteiger partial charge is 0.110 e. The van der Waals surface area contributed by atoms with Crippen LogP contribution < -0.4 is 0 Å². The van der Waals surface area contributed by atoms with Gasteiger partial charge in [0.25, 0.3) is 0 Å². The molecule has 0 aromatic heterocycles. The summed E-state index contributed by atoms with van der Waals surface area (Å²) in [5.74, 6) is 0. The van der Waals surface area contributed by atoms with Gasteiger partial charge < -0.3 is 0 Å². The Morgan fingerprint density at radius 1 is 1.75 bits per heavy atom. The molecule has 0 spiro atoms. The van der Waals surface area contributed by atoms with Crippen molar-refractivity contribution in [2.24, 2.45) is 0 Å². The van der Waals surface area contributed by atoms with Crippen LogP contribution in [0.15, 0.2) is 12.2 Å². The normalized spacial score (nSPS) is 11.5. The summed E-state index contributed by atoms with van der Waals surface area (Å²) in [5.41, 5.74) is 1.20. The lowest BCUT2D eigenvalue weighted by atomic mass is 10.4. The highest BCUT2D eigenvalue weighted by Crippen LogP contribution is 2.04. The smallest absolute Gasteiger partial charge is 0.0911 e. The van der Waals surface area contributed by atoms with Gasteiger partial charge in [-0.2, -0.15) is 0 Å². The number of rotatable bonds is 3. The van der Waals surface area contributed by atoms with Gasteiger partial charge in [-0.15, -0.1) is 29.8 Å². The summed E-state index contributed by atoms with van der Waals surface area (Å²) in [6.07, 6.45) is 0. The predicted molar refractivity (Wildman–Crippen MR) is 43.7 cm³/mol. The molecule has 0 aliphatic rings. The Hall–Kier alpha value is 0.537. The van der Waals surface area contributed by atoms with E-state index in [1.807, 2.05) is 6.92 Å². The van der Waals surface area contributed by atoms with Crippen molar-refractivity contribution in [1.29, 1.82) is 0 Å². The van der Waals surface area contributed by atoms with E-state index in [4.69, 9.17) is 23.2 Å². The molecule has 0 aromatic carbocycles. The maximum Gasteiger partial charge on any atom is 0.0911 e. The lowest BCUT2D eigenvalue weighted by Gasteiger charge is -1.96. The van der Waals surface area contributed by atoms with Crippen LogP contribution in [0.5, 0.6) is 0 Å². The highest BCUT2D eigenvalue weighted by atomic mass is 35.5. The van der Waals surface area contributed by atoms with Crippen LogP contribution in [0.3, 0.4) is 0 Å². The molecule has 8 heavy (non-hydrogen) atoms. The summed E-state index contributed by atoms with van der Waals surface area (Å²) in [6, 6.07) is 1.07. The molecule has 0 heterocycles. The molecular formula is C5H10Cl2Si. The quantitative estimate of drug-likeness (QED) is 0.344. The molecule has 0 fully saturated rings. The first kappa shape index (κ1) is 8.54. The SMILES string of the molecule is C=C(C)C[SiH2]C(Cl)Cl. The van der Waals surface area contributed by atoms with Crippen LogP contribution in [0, 0.1) is 0 Å². The zero-order chi connectivity index (χ0) is 6.57. The van der Waals surface area contributed by atoms with Gasteiger partial charge >= 0.3 is 0 Å². The molecule has 48 valence electrons. The molecule has 0 amide bonds. The maximum atomic E-state index is 5.51. The van der Waals surface area contributed by atoms with Crippen LogP contribution in [0.2, 0.25) is 6.04 Å². The summed E-state index contributed by atoms with van der Waals surface area (Å²) in [6.45, 7) is 5.75. The van der Waals surface area contributed by atoms with Gasteiger partial charge in [-0.3, -0.25) is 0 Å². The van der Waals surface area contributed by atoms with E-state index in [1.165, 1.54) is 5.57 Å². The molecule has 0 aliphatic heterocycles. The summed E-state index contributed by atoms with van der Waals surface area (Å²) in [4.78, 5) is 0. The van der Waals surface area contributed by atoms with E-state index < -0.39 is 0 Å². The molecule has 0 nitrogen and oxygen atoms in total. The molecule has 0 bridgehead atoms. The Kier molecular flexibility index (Phi) is 4.72. The Morgan fingerprint density at radius 2 is 2.25 bits per heavy atom. The van der Waals surface area contributed by atoms with Gasteiger partial charge in [0.05, 0.1) is 14.0 Å². The van der Waals surface area contributed by atoms with Crippen LogP contribution in [0.25, 0.3) is 0 Å². The second-order valence-electron chi connectivity index (χ2n) is 1.89. The van der Waals surface area contributed by atoms with Crippen molar-refractivity contribution in [2.75, 3.05) is 0 Å². The fraction of sp³-hybridized carbons (Fsp3) is 0.600. The predicted octanol–water partition coefficient (Wildman–Crippen LogP) is 1.91. The van der Waals surface area contributed by atoms with E-state index in [1.54, 1.807) is 0 Å². The third-order valence-corrected chi connectivity index (χ3v) is 3.68. The lowest BCUT2D eigenvalue weighted by Crippen LogP contribution is -1.99. The number of allylic oxidation sites excluding steroid dienone is 1. The van der Waals surface area contributed by atoms with Crippen LogP contribution in [-0.4, -0.2) is 14.0 Å². The van der Waals surface area contributed by atoms with Gasteiger partial charge in [0.1, 0.15) is 0 Å². The summed E-state index contributed by atoms with van der Waals surface area (Å²) in [5, 5.41) is 0. The van der Waals surface area contributed by atoms with Crippen molar-refractivity contribution in [3.8, 4) is 0 Å². The lowest BCUT2D eigenvalue weighted by molar-refractivity contribution is 1.39. The Bertz CT molecular complexity index is 80.5. The van der Waals surface area contributed by atoms with Gasteiger partial charge in [-0.25, -0.2) is 0 Å². The second-order valence-corrected chi connectivity index (χ2v) is 6.09. The molecule has 0 atom stereocenters. The Labute approximate surface area is 62.7 Å². The molecule has 0 N–H and O–H groups in total. The van der Waals surface area contributed by atoms with E-state index in [-0.39, 0.29) is 14.0 Å². The summed E-state index contributed by atoms with van der Waals surface area (Å²) >= 11 is 11.0. The topological polar surface area (TPSA) is 0 Å². The molecule has 0 aromatic rings. The molecule has 0 rings (SSSR count). The van der Waals surface area contributed by atoms with E-state index in [2.05, 4.69) is 6.58 Å². The minimum absolute atomic E-state index is 0.0910. The number of hydrogen-bond acceptors (Lipinski definition) is 0. The van der Waals surface area contributed by atoms with Crippen molar-refractivity contribution in [3.05, 3.63) is 12.2 Å². The van der Waals surface area contributed by atoms with E-state index >= 15 is 0 Å². The van der Waals surface area contributed by atoms with E-state index in [0.29, 0.717) is 0 Å². The maximum absolute atomic E-state index is 5.51. The zero-order valence-corrected chi connectivity index (χ0v) is 7.88. The van der Waals surface area contributed by atoms with Gasteiger partial charge in [0.2, 0.25) is 0 Å². The highest BCUT2D eigenvalue weighted by molar-refractivity contribution is 6.68. The average Bonchev–Trinajstić information content (AvgIpc) is 1.61. The minimum atomic E-state index is -0.270. The summed E-state index contributed by atoms with van der Waals surface area (Å²) in [7, 11) is -0.270. The van der Waals surface area contributed by atoms with Crippen LogP contribution in [-0.2, 0) is 0 Å². The molecule has 0 saturated carbocycles. The fourth-order valence-electron chi connectivity index (χ4n) is 0.356. The standard InChI is InChI=1S/C5H10Cl2Si/c1-4(2)3-8-5(6)7/h5H,1,3,8H2,2H3. The van der Waals surface area contributed by atoms with Crippen molar-refractivity contribution in [3.63, 3.8) is 0 Å². The third-order valence-electron chi connectivity index (χ3n) is 0.789. The molecule has 0 radical (unpaired) electrons. The van der Waals surface area contributed by atoms with Gasteiger partial charge in [0, 0.05) is 0 Å². The fourth-order valence-corrected chi connectivity index (χ4v) is 1.72. The zero-order valence-electron chi connectivity index (χ0n) is 4.95. The highest BCUT2D eigenvalue weighted by Gasteiger charge is 1.97. The van der Waals surface area contributed by atoms with Crippen LogP contribution in [0.1, 0.15) is 6.92 Å². The summed E-state index contributed by atoms with van der Waals surface area (Å²) < 4.78 is -0.0910. The first-order chi connectivity index (χ1) is 3.63. The molecule has 0 unspecified atom stereocenters. The van der Waals surface area contributed by atoms with Gasteiger partial charge in [-0.05, 0) is 13.0 Å². The molecule has 3 heteroatoms. The Morgan fingerprint density at radius 3 is 2.38 bits per heavy atom. The number of halogens is 2. The van der Waals surface area contributed by atoms with Crippen LogP contribution in [0.4, 0.5) is 0 Å². The second kappa shape index (κ2) is 4.42. The first-order valence-corrected chi connectivity index (χ1v) is 5.24. The Balaban J connectivity index is 3.05. The van der Waals surface area contributed by atoms with Crippen molar-refractivity contribution in [2.45, 2.75) is 17.4 Å². The van der Waals surface area contributed by atoms with Crippen molar-refractivity contribution in [1.82, 2.24) is 0 Å².